The summed E-state index contributed by atoms with van der Waals surface area (Å²) in [6.45, 7) is 0. The first-order chi connectivity index (χ1) is 8.33. The van der Waals surface area contributed by atoms with E-state index in [-0.39, 0.29) is 23.0 Å². The molecule has 0 unspecified atom stereocenters. The van der Waals surface area contributed by atoms with Crippen LogP contribution >= 0.6 is 0 Å². The van der Waals surface area contributed by atoms with Crippen molar-refractivity contribution in [3.63, 3.8) is 0 Å². The second-order valence-corrected chi connectivity index (χ2v) is 3.69. The summed E-state index contributed by atoms with van der Waals surface area (Å²) >= 11 is 0. The normalized spacial score (nSPS) is 12.9. The summed E-state index contributed by atoms with van der Waals surface area (Å²) in [6.07, 6.45) is 10.5. The molecule has 3 heteroatoms. The Morgan fingerprint density at radius 2 is 2.06 bits per heavy atom. The maximum absolute atomic E-state index is 10.7. The average molecular weight is 286 g/mol. The van der Waals surface area contributed by atoms with Gasteiger partial charge < -0.3 is 4.74 Å². The van der Waals surface area contributed by atoms with Gasteiger partial charge in [0.2, 0.25) is 0 Å². The van der Waals surface area contributed by atoms with E-state index in [2.05, 4.69) is 17.6 Å². The van der Waals surface area contributed by atoms with E-state index < -0.39 is 0 Å². The predicted molar refractivity (Wildman–Crippen MR) is 68.9 cm³/mol. The molecule has 0 saturated carbocycles. The van der Waals surface area contributed by atoms with E-state index in [0.717, 1.165) is 12.8 Å². The maximum Gasteiger partial charge on any atom is 2.00 e. The standard InChI is InChI=1S/C10H13O2.C5H5.Fe/c1-12-10(11)8-4-7-9-5-2-3-6-9;1-2-4-5-3-1;/h2-3,5-6H,4,7-8H2,1H3;1-5H;/q2*-1;+2. The van der Waals surface area contributed by atoms with Gasteiger partial charge in [-0.15, -0.1) is 6.42 Å². The molecule has 0 N–H and O–H groups in total. The van der Waals surface area contributed by atoms with Crippen LogP contribution in [0.15, 0.2) is 42.5 Å². The Balaban J connectivity index is 0.000000405. The number of hydrogen-bond donors (Lipinski definition) is 0. The molecule has 98 valence electrons. The van der Waals surface area contributed by atoms with Crippen LogP contribution in [0.4, 0.5) is 0 Å². The van der Waals surface area contributed by atoms with Gasteiger partial charge in [0.05, 0.1) is 7.11 Å². The molecule has 0 saturated heterocycles. The van der Waals surface area contributed by atoms with Crippen LogP contribution in [-0.4, -0.2) is 13.1 Å². The summed E-state index contributed by atoms with van der Waals surface area (Å²) in [7, 11) is 1.42. The second-order valence-electron chi connectivity index (χ2n) is 3.69. The van der Waals surface area contributed by atoms with Gasteiger partial charge in [-0.25, -0.2) is 30.7 Å². The minimum atomic E-state index is -0.124. The molecule has 0 fully saturated rings. The van der Waals surface area contributed by atoms with E-state index in [1.165, 1.54) is 13.0 Å². The van der Waals surface area contributed by atoms with Crippen LogP contribution in [0.25, 0.3) is 0 Å². The summed E-state index contributed by atoms with van der Waals surface area (Å²) in [5, 5.41) is 0. The monoisotopic (exact) mass is 286 g/mol. The van der Waals surface area contributed by atoms with E-state index in [9.17, 15) is 4.79 Å². The third-order valence-electron chi connectivity index (χ3n) is 2.36. The number of carbonyl (C=O) groups is 1. The van der Waals surface area contributed by atoms with Gasteiger partial charge in [-0.05, 0) is 6.42 Å². The van der Waals surface area contributed by atoms with E-state index in [0.29, 0.717) is 6.42 Å². The Bertz CT molecular complexity index is 292. The van der Waals surface area contributed by atoms with Crippen molar-refractivity contribution in [3.8, 4) is 0 Å². The fraction of sp³-hybridized carbons (Fsp3) is 0.267. The summed E-state index contributed by atoms with van der Waals surface area (Å²) < 4.78 is 4.53. The van der Waals surface area contributed by atoms with Gasteiger partial charge in [0.15, 0.2) is 0 Å². The quantitative estimate of drug-likeness (QED) is 0.482. The molecule has 2 radical (unpaired) electrons. The van der Waals surface area contributed by atoms with Crippen molar-refractivity contribution < 1.29 is 26.6 Å². The zero-order chi connectivity index (χ0) is 12.3. The van der Waals surface area contributed by atoms with Crippen LogP contribution in [0.1, 0.15) is 19.3 Å². The molecule has 1 aliphatic carbocycles. The number of esters is 1. The molecule has 0 atom stereocenters. The van der Waals surface area contributed by atoms with E-state index in [1.807, 2.05) is 42.5 Å². The number of ether oxygens (including phenoxy) is 1. The van der Waals surface area contributed by atoms with Gasteiger partial charge in [-0.1, -0.05) is 12.3 Å². The van der Waals surface area contributed by atoms with Crippen molar-refractivity contribution >= 4 is 5.97 Å². The molecule has 0 spiro atoms. The van der Waals surface area contributed by atoms with E-state index >= 15 is 0 Å². The number of hydrogen-bond acceptors (Lipinski definition) is 2. The van der Waals surface area contributed by atoms with Crippen LogP contribution in [0.5, 0.6) is 0 Å². The molecule has 0 heterocycles. The Kier molecular flexibility index (Phi) is 10.4. The van der Waals surface area contributed by atoms with Crippen LogP contribution in [-0.2, 0) is 26.6 Å². The molecule has 1 aliphatic rings. The molecule has 0 bridgehead atoms. The molecule has 0 aromatic heterocycles. The van der Waals surface area contributed by atoms with Crippen LogP contribution in [0, 0.1) is 18.8 Å². The topological polar surface area (TPSA) is 26.3 Å². The fourth-order valence-corrected chi connectivity index (χ4v) is 1.44. The van der Waals surface area contributed by atoms with Crippen molar-refractivity contribution in [1.29, 1.82) is 0 Å². The van der Waals surface area contributed by atoms with Gasteiger partial charge in [0, 0.05) is 6.42 Å². The molecule has 1 aromatic rings. The Morgan fingerprint density at radius 3 is 2.50 bits per heavy atom. The van der Waals surface area contributed by atoms with Gasteiger partial charge in [-0.2, -0.15) is 18.2 Å². The third-order valence-corrected chi connectivity index (χ3v) is 2.36. The zero-order valence-corrected chi connectivity index (χ0v) is 11.6. The number of allylic oxidation sites excluding steroid dienone is 2. The first-order valence-corrected chi connectivity index (χ1v) is 5.77. The Labute approximate surface area is 120 Å². The molecular weight excluding hydrogens is 268 g/mol. The molecule has 18 heavy (non-hydrogen) atoms. The maximum atomic E-state index is 10.7. The van der Waals surface area contributed by atoms with Crippen molar-refractivity contribution in [2.24, 2.45) is 0 Å². The molecular formula is C15H18FeO2. The largest absolute Gasteiger partial charge is 2.00 e. The molecule has 0 aliphatic heterocycles. The minimum absolute atomic E-state index is 0. The van der Waals surface area contributed by atoms with Crippen LogP contribution in [0.3, 0.4) is 0 Å². The number of rotatable bonds is 4. The van der Waals surface area contributed by atoms with Crippen molar-refractivity contribution in [3.05, 3.63) is 61.2 Å². The third kappa shape index (κ3) is 8.10. The smallest absolute Gasteiger partial charge is 0.469 e. The van der Waals surface area contributed by atoms with E-state index in [4.69, 9.17) is 0 Å². The van der Waals surface area contributed by atoms with Gasteiger partial charge >= 0.3 is 23.0 Å². The van der Waals surface area contributed by atoms with Gasteiger partial charge in [0.25, 0.3) is 0 Å². The molecule has 1 aromatic carbocycles. The predicted octanol–water partition coefficient (Wildman–Crippen LogP) is 3.29. The Morgan fingerprint density at radius 1 is 1.33 bits per heavy atom. The number of carbonyl (C=O) groups excluding carboxylic acids is 1. The second kappa shape index (κ2) is 11.1. The van der Waals surface area contributed by atoms with Crippen LogP contribution < -0.4 is 0 Å². The SMILES string of the molecule is COC(=O)CCC[C]1[CH]C=C[CH-]1.[Fe+2].c1cc[cH-]c1. The summed E-state index contributed by atoms with van der Waals surface area (Å²) in [5.41, 5.74) is 0. The van der Waals surface area contributed by atoms with Crippen molar-refractivity contribution in [1.82, 2.24) is 0 Å². The van der Waals surface area contributed by atoms with Gasteiger partial charge in [-0.3, -0.25) is 4.79 Å². The van der Waals surface area contributed by atoms with Crippen LogP contribution in [0.2, 0.25) is 0 Å². The minimum Gasteiger partial charge on any atom is -0.469 e. The first kappa shape index (κ1) is 16.9. The molecule has 2 nitrogen and oxygen atoms in total. The fourth-order valence-electron chi connectivity index (χ4n) is 1.44. The number of methoxy groups -OCH3 is 1. The van der Waals surface area contributed by atoms with Crippen molar-refractivity contribution in [2.45, 2.75) is 19.3 Å². The summed E-state index contributed by atoms with van der Waals surface area (Å²) in [4.78, 5) is 10.7. The van der Waals surface area contributed by atoms with Crippen molar-refractivity contribution in [2.75, 3.05) is 7.11 Å². The van der Waals surface area contributed by atoms with Gasteiger partial charge in [0.1, 0.15) is 0 Å². The first-order valence-electron chi connectivity index (χ1n) is 5.77. The molecule has 0 amide bonds. The Hall–Kier alpha value is -1.05. The summed E-state index contributed by atoms with van der Waals surface area (Å²) in [6, 6.07) is 10.0. The average Bonchev–Trinajstić information content (AvgIpc) is 3.04. The summed E-state index contributed by atoms with van der Waals surface area (Å²) in [5.74, 6) is 1.17. The van der Waals surface area contributed by atoms with E-state index in [1.54, 1.807) is 0 Å². The molecule has 2 rings (SSSR count). The zero-order valence-electron chi connectivity index (χ0n) is 10.5.